The first kappa shape index (κ1) is 29.9. The molecule has 0 aliphatic carbocycles. The predicted molar refractivity (Wildman–Crippen MR) is 173 cm³/mol. The third-order valence-corrected chi connectivity index (χ3v) is 8.47. The summed E-state index contributed by atoms with van der Waals surface area (Å²) in [6, 6.07) is 10.7. The van der Waals surface area contributed by atoms with Gasteiger partial charge in [-0.3, -0.25) is 10.1 Å². The van der Waals surface area contributed by atoms with E-state index in [0.717, 1.165) is 61.3 Å². The van der Waals surface area contributed by atoms with E-state index in [1.54, 1.807) is 0 Å². The van der Waals surface area contributed by atoms with E-state index in [4.69, 9.17) is 18.9 Å². The maximum atomic E-state index is 14.1. The van der Waals surface area contributed by atoms with Crippen LogP contribution in [0.2, 0.25) is 0 Å². The van der Waals surface area contributed by atoms with E-state index >= 15 is 0 Å². The number of benzene rings is 3. The lowest BCUT2D eigenvalue weighted by Gasteiger charge is -2.37. The van der Waals surface area contributed by atoms with Crippen molar-refractivity contribution in [1.29, 1.82) is 0 Å². The molecule has 0 saturated heterocycles. The number of anilines is 4. The average molecular weight is 613 g/mol. The van der Waals surface area contributed by atoms with Crippen molar-refractivity contribution in [3.63, 3.8) is 0 Å². The lowest BCUT2D eigenvalue weighted by atomic mass is 9.97. The molecule has 45 heavy (non-hydrogen) atoms. The van der Waals surface area contributed by atoms with Gasteiger partial charge in [0.2, 0.25) is 0 Å². The fraction of sp³-hybridized carbons (Fsp3) is 0.324. The highest BCUT2D eigenvalue weighted by Crippen LogP contribution is 2.52. The van der Waals surface area contributed by atoms with E-state index in [1.807, 2.05) is 36.4 Å². The van der Waals surface area contributed by atoms with Gasteiger partial charge in [0.1, 0.15) is 6.61 Å². The quantitative estimate of drug-likeness (QED) is 0.142. The molecule has 11 nitrogen and oxygen atoms in total. The van der Waals surface area contributed by atoms with E-state index in [9.17, 15) is 14.9 Å². The summed E-state index contributed by atoms with van der Waals surface area (Å²) in [6.45, 7) is 10.7. The van der Waals surface area contributed by atoms with Gasteiger partial charge < -0.3 is 28.7 Å². The number of amides is 1. The molecule has 0 aromatic heterocycles. The van der Waals surface area contributed by atoms with Crippen molar-refractivity contribution in [2.45, 2.75) is 32.3 Å². The first-order valence-electron chi connectivity index (χ1n) is 15.0. The van der Waals surface area contributed by atoms with Crippen LogP contribution in [0.3, 0.4) is 0 Å². The van der Waals surface area contributed by atoms with Gasteiger partial charge >= 0.3 is 6.09 Å². The zero-order valence-corrected chi connectivity index (χ0v) is 25.5. The maximum absolute atomic E-state index is 14.1. The highest BCUT2D eigenvalue weighted by molar-refractivity contribution is 6.02. The largest absolute Gasteiger partial charge is 0.493 e. The summed E-state index contributed by atoms with van der Waals surface area (Å²) < 4.78 is 23.0. The average Bonchev–Trinajstić information content (AvgIpc) is 3.04. The summed E-state index contributed by atoms with van der Waals surface area (Å²) in [6.07, 6.45) is 6.72. The van der Waals surface area contributed by atoms with Crippen LogP contribution in [0, 0.1) is 10.1 Å². The molecule has 0 fully saturated rings. The van der Waals surface area contributed by atoms with Crippen molar-refractivity contribution in [2.75, 3.05) is 55.1 Å². The number of aryl methyl sites for hydroxylation is 2. The van der Waals surface area contributed by atoms with Crippen molar-refractivity contribution < 1.29 is 28.7 Å². The molecule has 0 atom stereocenters. The van der Waals surface area contributed by atoms with Crippen LogP contribution in [0.1, 0.15) is 29.5 Å². The molecule has 0 spiro atoms. The fourth-order valence-electron chi connectivity index (χ4n) is 6.40. The van der Waals surface area contributed by atoms with Gasteiger partial charge in [0, 0.05) is 49.7 Å². The van der Waals surface area contributed by atoms with Gasteiger partial charge in [-0.2, -0.15) is 0 Å². The Kier molecular flexibility index (Phi) is 8.25. The maximum Gasteiger partial charge on any atom is 0.419 e. The molecular weight excluding hydrogens is 576 g/mol. The molecule has 1 amide bonds. The van der Waals surface area contributed by atoms with Gasteiger partial charge in [-0.25, -0.2) is 9.69 Å². The molecule has 3 aliphatic rings. The fourth-order valence-corrected chi connectivity index (χ4v) is 6.40. The summed E-state index contributed by atoms with van der Waals surface area (Å²) in [5.74, 6) is 1.55. The van der Waals surface area contributed by atoms with Crippen LogP contribution in [0.25, 0.3) is 0 Å². The van der Waals surface area contributed by atoms with E-state index < -0.39 is 11.0 Å². The molecule has 234 valence electrons. The normalized spacial score (nSPS) is 14.7. The smallest absolute Gasteiger partial charge is 0.419 e. The SMILES string of the molecule is C=CCN1CCCc2cc3c(cc21)Oc1cc2c(cc1N3C(=O)OCc1cc(OC)c(OC)cc1[N+](=O)[O-])CCCN2CC=C. The number of nitro benzene ring substituents is 1. The summed E-state index contributed by atoms with van der Waals surface area (Å²) in [7, 11) is 2.84. The zero-order chi connectivity index (χ0) is 31.7. The van der Waals surface area contributed by atoms with Crippen LogP contribution in [0.4, 0.5) is 33.2 Å². The van der Waals surface area contributed by atoms with Crippen molar-refractivity contribution in [3.05, 3.63) is 88.5 Å². The van der Waals surface area contributed by atoms with E-state index in [2.05, 4.69) is 23.0 Å². The standard InChI is InChI=1S/C34H36N4O7/c1-5-11-35-13-7-9-22-15-28-30(18-25(22)35)45-31-19-26-23(10-8-14-36(26)12-6-2)16-29(31)37(28)34(39)44-21-24-17-32(42-3)33(43-4)20-27(24)38(40)41/h5-6,15-20H,1-2,7-14,21H2,3-4H3. The monoisotopic (exact) mass is 612 g/mol. The number of rotatable bonds is 9. The number of nitro groups is 1. The van der Waals surface area contributed by atoms with Crippen LogP contribution >= 0.6 is 0 Å². The highest BCUT2D eigenvalue weighted by Gasteiger charge is 2.35. The minimum atomic E-state index is -0.678. The molecule has 6 rings (SSSR count). The molecule has 0 saturated carbocycles. The first-order valence-corrected chi connectivity index (χ1v) is 15.0. The second kappa shape index (κ2) is 12.4. The van der Waals surface area contributed by atoms with Crippen LogP contribution in [0.15, 0.2) is 61.7 Å². The molecule has 3 aromatic carbocycles. The van der Waals surface area contributed by atoms with Crippen LogP contribution in [0.5, 0.6) is 23.0 Å². The van der Waals surface area contributed by atoms with E-state index in [-0.39, 0.29) is 23.6 Å². The number of carbonyl (C=O) groups is 1. The number of hydrogen-bond donors (Lipinski definition) is 0. The molecule has 0 bridgehead atoms. The lowest BCUT2D eigenvalue weighted by Crippen LogP contribution is -2.33. The van der Waals surface area contributed by atoms with Gasteiger partial charge in [0.05, 0.1) is 42.1 Å². The molecule has 0 radical (unpaired) electrons. The molecule has 3 aliphatic heterocycles. The summed E-state index contributed by atoms with van der Waals surface area (Å²) in [5, 5.41) is 11.9. The first-order chi connectivity index (χ1) is 21.9. The van der Waals surface area contributed by atoms with Crippen molar-refractivity contribution in [2.24, 2.45) is 0 Å². The number of ether oxygens (including phenoxy) is 4. The Hall–Kier alpha value is -5.19. The minimum absolute atomic E-state index is 0.177. The molecule has 11 heteroatoms. The lowest BCUT2D eigenvalue weighted by molar-refractivity contribution is -0.385. The Morgan fingerprint density at radius 2 is 1.40 bits per heavy atom. The zero-order valence-electron chi connectivity index (χ0n) is 25.5. The van der Waals surface area contributed by atoms with Crippen molar-refractivity contribution in [3.8, 4) is 23.0 Å². The molecule has 0 unspecified atom stereocenters. The Balaban J connectivity index is 1.42. The van der Waals surface area contributed by atoms with E-state index in [1.165, 1.54) is 31.3 Å². The second-order valence-corrected chi connectivity index (χ2v) is 11.2. The number of hydrogen-bond acceptors (Lipinski definition) is 9. The predicted octanol–water partition coefficient (Wildman–Crippen LogP) is 7.07. The number of carbonyl (C=O) groups excluding carboxylic acids is 1. The Morgan fingerprint density at radius 3 is 1.89 bits per heavy atom. The van der Waals surface area contributed by atoms with E-state index in [0.29, 0.717) is 41.7 Å². The van der Waals surface area contributed by atoms with Crippen molar-refractivity contribution >= 4 is 34.5 Å². The van der Waals surface area contributed by atoms with Crippen molar-refractivity contribution in [1.82, 2.24) is 0 Å². The third-order valence-electron chi connectivity index (χ3n) is 8.47. The van der Waals surface area contributed by atoms with Gasteiger partial charge in [-0.15, -0.1) is 13.2 Å². The van der Waals surface area contributed by atoms with Gasteiger partial charge in [-0.05, 0) is 55.0 Å². The number of nitrogens with zero attached hydrogens (tertiary/aromatic N) is 4. The third kappa shape index (κ3) is 5.50. The summed E-state index contributed by atoms with van der Waals surface area (Å²) in [5.41, 5.74) is 5.34. The van der Waals surface area contributed by atoms with Gasteiger partial charge in [0.25, 0.3) is 5.69 Å². The summed E-state index contributed by atoms with van der Waals surface area (Å²) >= 11 is 0. The molecule has 0 N–H and O–H groups in total. The number of fused-ring (bicyclic) bond motifs is 4. The van der Waals surface area contributed by atoms with Crippen LogP contribution < -0.4 is 28.9 Å². The van der Waals surface area contributed by atoms with Gasteiger partial charge in [0.15, 0.2) is 23.0 Å². The Labute approximate surface area is 262 Å². The Morgan fingerprint density at radius 1 is 0.867 bits per heavy atom. The number of methoxy groups -OCH3 is 2. The second-order valence-electron chi connectivity index (χ2n) is 11.2. The molecular formula is C34H36N4O7. The molecule has 3 heterocycles. The minimum Gasteiger partial charge on any atom is -0.493 e. The highest BCUT2D eigenvalue weighted by atomic mass is 16.6. The molecule has 3 aromatic rings. The topological polar surface area (TPSA) is 107 Å². The van der Waals surface area contributed by atoms with Crippen LogP contribution in [-0.2, 0) is 24.2 Å². The Bertz CT molecular complexity index is 1610. The van der Waals surface area contributed by atoms with Crippen LogP contribution in [-0.4, -0.2) is 51.4 Å². The summed E-state index contributed by atoms with van der Waals surface area (Å²) in [4.78, 5) is 31.5. The van der Waals surface area contributed by atoms with Gasteiger partial charge in [-0.1, -0.05) is 12.2 Å².